The smallest absolute Gasteiger partial charge is 0.262 e. The van der Waals surface area contributed by atoms with Crippen molar-refractivity contribution in [1.29, 1.82) is 0 Å². The van der Waals surface area contributed by atoms with Crippen LogP contribution in [0, 0.1) is 0 Å². The summed E-state index contributed by atoms with van der Waals surface area (Å²) in [5, 5.41) is 1.16. The summed E-state index contributed by atoms with van der Waals surface area (Å²) in [5.74, 6) is 0.254. The Labute approximate surface area is 162 Å². The SMILES string of the molecule is CCOCCCn1c(SCC(=O)c2ccccc2)nc2ccccc2c1=O. The number of nitrogens with zero attached hydrogens (tertiary/aromatic N) is 2. The van der Waals surface area contributed by atoms with Crippen LogP contribution >= 0.6 is 11.8 Å². The summed E-state index contributed by atoms with van der Waals surface area (Å²) in [6, 6.07) is 16.5. The van der Waals surface area contributed by atoms with Crippen molar-refractivity contribution < 1.29 is 9.53 Å². The van der Waals surface area contributed by atoms with Crippen molar-refractivity contribution in [2.45, 2.75) is 25.0 Å². The summed E-state index contributed by atoms with van der Waals surface area (Å²) < 4.78 is 7.04. The Hall–Kier alpha value is -2.44. The van der Waals surface area contributed by atoms with Crippen molar-refractivity contribution in [2.75, 3.05) is 19.0 Å². The lowest BCUT2D eigenvalue weighted by Crippen LogP contribution is -2.24. The second kappa shape index (κ2) is 9.48. The topological polar surface area (TPSA) is 61.2 Å². The summed E-state index contributed by atoms with van der Waals surface area (Å²) in [4.78, 5) is 30.0. The molecule has 0 unspecified atom stereocenters. The molecule has 3 rings (SSSR count). The average molecular weight is 382 g/mol. The van der Waals surface area contributed by atoms with E-state index in [0.717, 1.165) is 0 Å². The van der Waals surface area contributed by atoms with E-state index in [2.05, 4.69) is 4.98 Å². The zero-order chi connectivity index (χ0) is 19.1. The molecule has 5 nitrogen and oxygen atoms in total. The van der Waals surface area contributed by atoms with Crippen molar-refractivity contribution in [2.24, 2.45) is 0 Å². The number of rotatable bonds is 9. The molecule has 0 aliphatic heterocycles. The third-order valence-corrected chi connectivity index (χ3v) is 5.11. The van der Waals surface area contributed by atoms with Gasteiger partial charge in [0.15, 0.2) is 10.9 Å². The first-order chi connectivity index (χ1) is 13.2. The van der Waals surface area contributed by atoms with Gasteiger partial charge in [0.1, 0.15) is 0 Å². The molecule has 2 aromatic carbocycles. The molecule has 1 heterocycles. The molecule has 0 N–H and O–H groups in total. The molecule has 3 aromatic rings. The summed E-state index contributed by atoms with van der Waals surface area (Å²) >= 11 is 1.30. The van der Waals surface area contributed by atoms with Crippen molar-refractivity contribution in [3.05, 3.63) is 70.5 Å². The largest absolute Gasteiger partial charge is 0.382 e. The Kier molecular flexibility index (Phi) is 6.79. The number of ether oxygens (including phenoxy) is 1. The molecular weight excluding hydrogens is 360 g/mol. The third kappa shape index (κ3) is 4.84. The Morgan fingerprint density at radius 2 is 1.85 bits per heavy atom. The quantitative estimate of drug-likeness (QED) is 0.244. The standard InChI is InChI=1S/C21H22N2O3S/c1-2-26-14-8-13-23-20(25)17-11-6-7-12-18(17)22-21(23)27-15-19(24)16-9-4-3-5-10-16/h3-7,9-12H,2,8,13-15H2,1H3. The van der Waals surface area contributed by atoms with Gasteiger partial charge in [0.05, 0.1) is 16.7 Å². The minimum absolute atomic E-state index is 0.0175. The fourth-order valence-corrected chi connectivity index (χ4v) is 3.68. The molecule has 140 valence electrons. The van der Waals surface area contributed by atoms with Gasteiger partial charge in [-0.15, -0.1) is 0 Å². The highest BCUT2D eigenvalue weighted by molar-refractivity contribution is 7.99. The van der Waals surface area contributed by atoms with Gasteiger partial charge in [0.2, 0.25) is 0 Å². The van der Waals surface area contributed by atoms with E-state index in [9.17, 15) is 9.59 Å². The van der Waals surface area contributed by atoms with Gasteiger partial charge in [-0.1, -0.05) is 54.2 Å². The Balaban J connectivity index is 1.85. The zero-order valence-electron chi connectivity index (χ0n) is 15.3. The average Bonchev–Trinajstić information content (AvgIpc) is 2.71. The van der Waals surface area contributed by atoms with Gasteiger partial charge in [-0.3, -0.25) is 14.2 Å². The number of benzene rings is 2. The first-order valence-corrected chi connectivity index (χ1v) is 9.97. The van der Waals surface area contributed by atoms with Gasteiger partial charge in [-0.2, -0.15) is 0 Å². The van der Waals surface area contributed by atoms with E-state index in [4.69, 9.17) is 4.74 Å². The van der Waals surface area contributed by atoms with E-state index in [-0.39, 0.29) is 17.1 Å². The van der Waals surface area contributed by atoms with Crippen LogP contribution in [-0.2, 0) is 11.3 Å². The summed E-state index contributed by atoms with van der Waals surface area (Å²) in [6.45, 7) is 3.69. The number of Topliss-reactive ketones (excluding diaryl/α,β-unsaturated/α-hetero) is 1. The lowest BCUT2D eigenvalue weighted by atomic mass is 10.2. The fraction of sp³-hybridized carbons (Fsp3) is 0.286. The molecule has 0 fully saturated rings. The van der Waals surface area contributed by atoms with Crippen LogP contribution in [0.3, 0.4) is 0 Å². The van der Waals surface area contributed by atoms with Crippen LogP contribution in [0.5, 0.6) is 0 Å². The van der Waals surface area contributed by atoms with Crippen molar-refractivity contribution >= 4 is 28.4 Å². The van der Waals surface area contributed by atoms with Crippen LogP contribution in [0.4, 0.5) is 0 Å². The minimum atomic E-state index is -0.0771. The highest BCUT2D eigenvalue weighted by atomic mass is 32.2. The van der Waals surface area contributed by atoms with Crippen LogP contribution in [0.2, 0.25) is 0 Å². The number of carbonyl (C=O) groups is 1. The van der Waals surface area contributed by atoms with E-state index < -0.39 is 0 Å². The van der Waals surface area contributed by atoms with Crippen molar-refractivity contribution in [3.8, 4) is 0 Å². The van der Waals surface area contributed by atoms with Crippen LogP contribution in [-0.4, -0.2) is 34.3 Å². The van der Waals surface area contributed by atoms with Gasteiger partial charge in [-0.25, -0.2) is 4.98 Å². The van der Waals surface area contributed by atoms with Crippen LogP contribution in [0.1, 0.15) is 23.7 Å². The molecule has 27 heavy (non-hydrogen) atoms. The fourth-order valence-electron chi connectivity index (χ4n) is 2.76. The lowest BCUT2D eigenvalue weighted by Gasteiger charge is -2.13. The molecule has 1 aromatic heterocycles. The second-order valence-corrected chi connectivity index (χ2v) is 6.94. The second-order valence-electron chi connectivity index (χ2n) is 6.00. The number of fused-ring (bicyclic) bond motifs is 1. The lowest BCUT2D eigenvalue weighted by molar-refractivity contribution is 0.102. The Bertz CT molecular complexity index is 970. The molecule has 0 bridgehead atoms. The van der Waals surface area contributed by atoms with Crippen LogP contribution < -0.4 is 5.56 Å². The Morgan fingerprint density at radius 1 is 1.11 bits per heavy atom. The number of hydrogen-bond acceptors (Lipinski definition) is 5. The number of carbonyl (C=O) groups excluding carboxylic acids is 1. The molecular formula is C21H22N2O3S. The number of thioether (sulfide) groups is 1. The molecule has 0 aliphatic carbocycles. The van der Waals surface area contributed by atoms with Crippen LogP contribution in [0.25, 0.3) is 10.9 Å². The summed E-state index contributed by atoms with van der Waals surface area (Å²) in [7, 11) is 0. The predicted molar refractivity (Wildman–Crippen MR) is 109 cm³/mol. The van der Waals surface area contributed by atoms with E-state index in [1.165, 1.54) is 11.8 Å². The van der Waals surface area contributed by atoms with Crippen molar-refractivity contribution in [1.82, 2.24) is 9.55 Å². The third-order valence-electron chi connectivity index (χ3n) is 4.13. The first-order valence-electron chi connectivity index (χ1n) is 8.99. The normalized spacial score (nSPS) is 11.0. The molecule has 0 aliphatic rings. The first kappa shape index (κ1) is 19.3. The summed E-state index contributed by atoms with van der Waals surface area (Å²) in [6.07, 6.45) is 0.716. The number of para-hydroxylation sites is 1. The molecule has 0 atom stereocenters. The monoisotopic (exact) mass is 382 g/mol. The number of hydrogen-bond donors (Lipinski definition) is 0. The van der Waals surface area contributed by atoms with Gasteiger partial charge in [0.25, 0.3) is 5.56 Å². The zero-order valence-corrected chi connectivity index (χ0v) is 16.1. The van der Waals surface area contributed by atoms with Gasteiger partial charge in [-0.05, 0) is 25.5 Å². The van der Waals surface area contributed by atoms with E-state index in [0.29, 0.717) is 47.8 Å². The minimum Gasteiger partial charge on any atom is -0.382 e. The maximum absolute atomic E-state index is 12.9. The van der Waals surface area contributed by atoms with E-state index in [1.54, 1.807) is 22.8 Å². The molecule has 0 radical (unpaired) electrons. The highest BCUT2D eigenvalue weighted by Gasteiger charge is 2.14. The van der Waals surface area contributed by atoms with Gasteiger partial charge < -0.3 is 4.74 Å². The van der Waals surface area contributed by atoms with E-state index >= 15 is 0 Å². The number of aromatic nitrogens is 2. The molecule has 6 heteroatoms. The maximum atomic E-state index is 12.9. The predicted octanol–water partition coefficient (Wildman–Crippen LogP) is 3.80. The van der Waals surface area contributed by atoms with Gasteiger partial charge in [0, 0.05) is 25.3 Å². The van der Waals surface area contributed by atoms with E-state index in [1.807, 2.05) is 43.3 Å². The maximum Gasteiger partial charge on any atom is 0.262 e. The molecule has 0 saturated heterocycles. The number of ketones is 1. The molecule has 0 amide bonds. The summed E-state index contributed by atoms with van der Waals surface area (Å²) in [5.41, 5.74) is 1.24. The molecule has 0 saturated carbocycles. The highest BCUT2D eigenvalue weighted by Crippen LogP contribution is 2.19. The molecule has 0 spiro atoms. The van der Waals surface area contributed by atoms with Crippen LogP contribution in [0.15, 0.2) is 64.5 Å². The van der Waals surface area contributed by atoms with Gasteiger partial charge >= 0.3 is 0 Å². The van der Waals surface area contributed by atoms with Crippen molar-refractivity contribution in [3.63, 3.8) is 0 Å². The Morgan fingerprint density at radius 3 is 2.63 bits per heavy atom.